The summed E-state index contributed by atoms with van der Waals surface area (Å²) in [5.74, 6) is -1.41. The fourth-order valence-electron chi connectivity index (χ4n) is 1.24. The number of ether oxygens (including phenoxy) is 1. The Balaban J connectivity index is 2.27. The smallest absolute Gasteiger partial charge is 0.323 e. The molecule has 2 rings (SSSR count). The summed E-state index contributed by atoms with van der Waals surface area (Å²) in [5.41, 5.74) is 0.651. The normalized spacial score (nSPS) is 22.1. The van der Waals surface area contributed by atoms with Crippen LogP contribution in [-0.2, 0) is 14.3 Å². The SMILES string of the molecule is Cc1nc(C2CC(=O)OC2=O)cs1. The Hall–Kier alpha value is -1.23. The number of cyclic esters (lactones) is 2. The number of hydrogen-bond donors (Lipinski definition) is 0. The number of carbonyl (C=O) groups is 2. The molecule has 1 saturated heterocycles. The molecule has 5 heteroatoms. The first-order valence-electron chi connectivity index (χ1n) is 3.83. The largest absolute Gasteiger partial charge is 0.393 e. The first-order chi connectivity index (χ1) is 6.16. The van der Waals surface area contributed by atoms with Gasteiger partial charge in [-0.2, -0.15) is 0 Å². The molecule has 0 N–H and O–H groups in total. The van der Waals surface area contributed by atoms with Crippen molar-refractivity contribution in [2.45, 2.75) is 19.3 Å². The molecule has 1 aliphatic heterocycles. The third kappa shape index (κ3) is 1.47. The lowest BCUT2D eigenvalue weighted by Gasteiger charge is -1.97. The summed E-state index contributed by atoms with van der Waals surface area (Å²) in [6, 6.07) is 0. The van der Waals surface area contributed by atoms with E-state index in [1.165, 1.54) is 11.3 Å². The van der Waals surface area contributed by atoms with Gasteiger partial charge in [-0.3, -0.25) is 9.59 Å². The second-order valence-electron chi connectivity index (χ2n) is 2.84. The van der Waals surface area contributed by atoms with Crippen molar-refractivity contribution in [1.29, 1.82) is 0 Å². The molecular formula is C8H7NO3S. The van der Waals surface area contributed by atoms with Crippen molar-refractivity contribution in [1.82, 2.24) is 4.98 Å². The Morgan fingerprint density at radius 3 is 2.85 bits per heavy atom. The van der Waals surface area contributed by atoms with Crippen molar-refractivity contribution >= 4 is 23.3 Å². The van der Waals surface area contributed by atoms with Gasteiger partial charge in [0.2, 0.25) is 0 Å². The van der Waals surface area contributed by atoms with Crippen molar-refractivity contribution in [3.63, 3.8) is 0 Å². The summed E-state index contributed by atoms with van der Waals surface area (Å²) in [4.78, 5) is 26.0. The van der Waals surface area contributed by atoms with Crippen molar-refractivity contribution in [2.75, 3.05) is 0 Å². The molecular weight excluding hydrogens is 190 g/mol. The standard InChI is InChI=1S/C8H7NO3S/c1-4-9-6(3-13-4)5-2-7(10)12-8(5)11/h3,5H,2H2,1H3. The summed E-state index contributed by atoms with van der Waals surface area (Å²) in [6.07, 6.45) is 0.127. The summed E-state index contributed by atoms with van der Waals surface area (Å²) in [5, 5.41) is 2.68. The number of nitrogens with zero attached hydrogens (tertiary/aromatic N) is 1. The summed E-state index contributed by atoms with van der Waals surface area (Å²) >= 11 is 1.46. The third-order valence-electron chi connectivity index (χ3n) is 1.86. The quantitative estimate of drug-likeness (QED) is 0.498. The Morgan fingerprint density at radius 2 is 2.38 bits per heavy atom. The Labute approximate surface area is 78.5 Å². The number of aryl methyl sites for hydroxylation is 1. The number of rotatable bonds is 1. The Morgan fingerprint density at radius 1 is 1.62 bits per heavy atom. The average molecular weight is 197 g/mol. The maximum atomic E-state index is 11.1. The topological polar surface area (TPSA) is 56.3 Å². The molecule has 1 aromatic heterocycles. The first kappa shape index (κ1) is 8.37. The molecule has 1 aliphatic rings. The predicted octanol–water partition coefficient (Wildman–Crippen LogP) is 1.01. The molecule has 1 atom stereocenters. The minimum atomic E-state index is -0.477. The van der Waals surface area contributed by atoms with Gasteiger partial charge >= 0.3 is 11.9 Å². The summed E-state index contributed by atoms with van der Waals surface area (Å²) in [7, 11) is 0. The van der Waals surface area contributed by atoms with Gasteiger partial charge in [0, 0.05) is 5.38 Å². The average Bonchev–Trinajstić information content (AvgIpc) is 2.58. The van der Waals surface area contributed by atoms with Crippen LogP contribution in [0.2, 0.25) is 0 Å². The van der Waals surface area contributed by atoms with E-state index in [0.717, 1.165) is 5.01 Å². The van der Waals surface area contributed by atoms with Crippen LogP contribution in [0.4, 0.5) is 0 Å². The predicted molar refractivity (Wildman–Crippen MR) is 45.3 cm³/mol. The second kappa shape index (κ2) is 2.92. The first-order valence-corrected chi connectivity index (χ1v) is 4.71. The number of esters is 2. The highest BCUT2D eigenvalue weighted by atomic mass is 32.1. The van der Waals surface area contributed by atoms with E-state index in [-0.39, 0.29) is 6.42 Å². The molecule has 2 heterocycles. The zero-order valence-electron chi connectivity index (χ0n) is 6.94. The summed E-state index contributed by atoms with van der Waals surface area (Å²) < 4.78 is 4.42. The van der Waals surface area contributed by atoms with Gasteiger partial charge in [0.1, 0.15) is 5.92 Å². The van der Waals surface area contributed by atoms with Gasteiger partial charge < -0.3 is 4.74 Å². The lowest BCUT2D eigenvalue weighted by atomic mass is 10.1. The van der Waals surface area contributed by atoms with Crippen molar-refractivity contribution in [3.05, 3.63) is 16.1 Å². The fraction of sp³-hybridized carbons (Fsp3) is 0.375. The van der Waals surface area contributed by atoms with Crippen molar-refractivity contribution in [2.24, 2.45) is 0 Å². The molecule has 0 spiro atoms. The number of hydrogen-bond acceptors (Lipinski definition) is 5. The van der Waals surface area contributed by atoms with Crippen LogP contribution in [-0.4, -0.2) is 16.9 Å². The summed E-state index contributed by atoms with van der Waals surface area (Å²) in [6.45, 7) is 1.86. The lowest BCUT2D eigenvalue weighted by Crippen LogP contribution is -2.05. The van der Waals surface area contributed by atoms with Crippen LogP contribution in [0.15, 0.2) is 5.38 Å². The van der Waals surface area contributed by atoms with Crippen molar-refractivity contribution < 1.29 is 14.3 Å². The maximum absolute atomic E-state index is 11.1. The molecule has 1 aromatic rings. The highest BCUT2D eigenvalue weighted by molar-refractivity contribution is 7.09. The molecule has 68 valence electrons. The Bertz CT molecular complexity index is 371. The van der Waals surface area contributed by atoms with Gasteiger partial charge in [-0.1, -0.05) is 0 Å². The maximum Gasteiger partial charge on any atom is 0.323 e. The van der Waals surface area contributed by atoms with Crippen LogP contribution in [0.3, 0.4) is 0 Å². The van der Waals surface area contributed by atoms with E-state index in [4.69, 9.17) is 0 Å². The number of carbonyl (C=O) groups excluding carboxylic acids is 2. The lowest BCUT2D eigenvalue weighted by molar-refractivity contribution is -0.152. The van der Waals surface area contributed by atoms with Crippen LogP contribution in [0.25, 0.3) is 0 Å². The van der Waals surface area contributed by atoms with Crippen molar-refractivity contribution in [3.8, 4) is 0 Å². The van der Waals surface area contributed by atoms with Crippen LogP contribution in [0, 0.1) is 6.92 Å². The molecule has 0 aliphatic carbocycles. The van der Waals surface area contributed by atoms with E-state index < -0.39 is 17.9 Å². The number of thiazole rings is 1. The third-order valence-corrected chi connectivity index (χ3v) is 2.66. The molecule has 0 amide bonds. The zero-order chi connectivity index (χ0) is 9.42. The van der Waals surface area contributed by atoms with Crippen LogP contribution in [0.5, 0.6) is 0 Å². The van der Waals surface area contributed by atoms with Gasteiger partial charge in [0.05, 0.1) is 17.1 Å². The molecule has 0 radical (unpaired) electrons. The van der Waals surface area contributed by atoms with E-state index in [1.807, 2.05) is 6.92 Å². The highest BCUT2D eigenvalue weighted by Crippen LogP contribution is 2.27. The molecule has 0 bridgehead atoms. The minimum absolute atomic E-state index is 0.127. The van der Waals surface area contributed by atoms with Gasteiger partial charge in [-0.15, -0.1) is 11.3 Å². The van der Waals surface area contributed by atoms with E-state index in [0.29, 0.717) is 5.69 Å². The Kier molecular flexibility index (Phi) is 1.88. The molecule has 1 unspecified atom stereocenters. The second-order valence-corrected chi connectivity index (χ2v) is 3.90. The van der Waals surface area contributed by atoms with Gasteiger partial charge in [0.15, 0.2) is 0 Å². The minimum Gasteiger partial charge on any atom is -0.393 e. The molecule has 4 nitrogen and oxygen atoms in total. The van der Waals surface area contributed by atoms with Gasteiger partial charge in [-0.25, -0.2) is 4.98 Å². The molecule has 0 saturated carbocycles. The van der Waals surface area contributed by atoms with E-state index in [2.05, 4.69) is 9.72 Å². The molecule has 0 aromatic carbocycles. The number of aromatic nitrogens is 1. The van der Waals surface area contributed by atoms with Crippen LogP contribution >= 0.6 is 11.3 Å². The van der Waals surface area contributed by atoms with Crippen LogP contribution in [0.1, 0.15) is 23.0 Å². The van der Waals surface area contributed by atoms with E-state index >= 15 is 0 Å². The monoisotopic (exact) mass is 197 g/mol. The molecule has 1 fully saturated rings. The van der Waals surface area contributed by atoms with E-state index in [9.17, 15) is 9.59 Å². The van der Waals surface area contributed by atoms with Gasteiger partial charge in [0.25, 0.3) is 0 Å². The highest BCUT2D eigenvalue weighted by Gasteiger charge is 2.36. The fourth-order valence-corrected chi connectivity index (χ4v) is 1.91. The zero-order valence-corrected chi connectivity index (χ0v) is 7.76. The van der Waals surface area contributed by atoms with Gasteiger partial charge in [-0.05, 0) is 6.92 Å². The van der Waals surface area contributed by atoms with E-state index in [1.54, 1.807) is 5.38 Å². The van der Waals surface area contributed by atoms with Crippen LogP contribution < -0.4 is 0 Å². The molecule has 13 heavy (non-hydrogen) atoms.